The van der Waals surface area contributed by atoms with Gasteiger partial charge in [-0.2, -0.15) is 5.10 Å². The summed E-state index contributed by atoms with van der Waals surface area (Å²) in [6.07, 6.45) is 0.165. The summed E-state index contributed by atoms with van der Waals surface area (Å²) in [4.78, 5) is 14.1. The Hall–Kier alpha value is -1.36. The molecule has 120 valence electrons. The van der Waals surface area contributed by atoms with Crippen LogP contribution in [0.1, 0.15) is 70.1 Å². The molecule has 0 aliphatic rings. The zero-order valence-electron chi connectivity index (χ0n) is 14.3. The van der Waals surface area contributed by atoms with Gasteiger partial charge in [-0.25, -0.2) is 0 Å². The van der Waals surface area contributed by atoms with E-state index >= 15 is 0 Å². The van der Waals surface area contributed by atoms with Crippen LogP contribution in [0.3, 0.4) is 0 Å². The van der Waals surface area contributed by atoms with Gasteiger partial charge in [0.2, 0.25) is 0 Å². The molecule has 0 radical (unpaired) electrons. The summed E-state index contributed by atoms with van der Waals surface area (Å²) in [6, 6.07) is 1.89. The molecule has 0 bridgehead atoms. The smallest absolute Gasteiger partial charge is 0.274 e. The van der Waals surface area contributed by atoms with Crippen LogP contribution in [0.5, 0.6) is 0 Å². The third-order valence-corrected chi connectivity index (χ3v) is 3.41. The summed E-state index contributed by atoms with van der Waals surface area (Å²) < 4.78 is 1.94. The Balaban J connectivity index is 3.01. The summed E-state index contributed by atoms with van der Waals surface area (Å²) in [7, 11) is 1.75. The molecule has 5 nitrogen and oxygen atoms in total. The van der Waals surface area contributed by atoms with Crippen LogP contribution in [0.4, 0.5) is 0 Å². The van der Waals surface area contributed by atoms with Gasteiger partial charge in [0.15, 0.2) is 5.69 Å². The van der Waals surface area contributed by atoms with Crippen LogP contribution in [-0.2, 0) is 5.54 Å². The number of amides is 1. The number of hydrogen-bond acceptors (Lipinski definition) is 3. The first kappa shape index (κ1) is 17.7. The van der Waals surface area contributed by atoms with Gasteiger partial charge >= 0.3 is 0 Å². The second-order valence-corrected chi connectivity index (χ2v) is 7.06. The number of hydrogen-bond donors (Lipinski definition) is 1. The summed E-state index contributed by atoms with van der Waals surface area (Å²) in [6.45, 7) is 12.7. The lowest BCUT2D eigenvalue weighted by Gasteiger charge is -2.23. The standard InChI is InChI=1S/C16H29N3O2/c1-11(2)14-10-13(17-19(14)16(4,5)6)15(21)18(7)9-8-12(3)20/h10-12,20H,8-9H2,1-7H3. The normalized spacial score (nSPS) is 13.6. The molecule has 0 aliphatic carbocycles. The van der Waals surface area contributed by atoms with E-state index in [-0.39, 0.29) is 11.4 Å². The first-order valence-corrected chi connectivity index (χ1v) is 7.58. The minimum absolute atomic E-state index is 0.0967. The van der Waals surface area contributed by atoms with Crippen molar-refractivity contribution in [2.75, 3.05) is 13.6 Å². The highest BCUT2D eigenvalue weighted by atomic mass is 16.3. The van der Waals surface area contributed by atoms with Gasteiger partial charge in [-0.05, 0) is 46.1 Å². The number of aliphatic hydroxyl groups is 1. The van der Waals surface area contributed by atoms with Gasteiger partial charge < -0.3 is 10.0 Å². The summed E-state index contributed by atoms with van der Waals surface area (Å²) in [5.41, 5.74) is 1.38. The molecular weight excluding hydrogens is 266 g/mol. The molecule has 0 aliphatic heterocycles. The number of rotatable bonds is 5. The minimum Gasteiger partial charge on any atom is -0.393 e. The van der Waals surface area contributed by atoms with Crippen molar-refractivity contribution in [3.8, 4) is 0 Å². The fourth-order valence-electron chi connectivity index (χ4n) is 2.13. The van der Waals surface area contributed by atoms with E-state index in [1.54, 1.807) is 18.9 Å². The summed E-state index contributed by atoms with van der Waals surface area (Å²) >= 11 is 0. The fourth-order valence-corrected chi connectivity index (χ4v) is 2.13. The average molecular weight is 295 g/mol. The van der Waals surface area contributed by atoms with Gasteiger partial charge in [-0.3, -0.25) is 9.48 Å². The van der Waals surface area contributed by atoms with Gasteiger partial charge in [-0.1, -0.05) is 13.8 Å². The molecule has 1 aromatic heterocycles. The van der Waals surface area contributed by atoms with Crippen LogP contribution in [0.15, 0.2) is 6.07 Å². The maximum atomic E-state index is 12.4. The molecule has 0 fully saturated rings. The number of nitrogens with zero attached hydrogens (tertiary/aromatic N) is 3. The molecule has 0 aromatic carbocycles. The van der Waals surface area contributed by atoms with Gasteiger partial charge in [-0.15, -0.1) is 0 Å². The molecule has 1 aromatic rings. The van der Waals surface area contributed by atoms with Crippen molar-refractivity contribution in [2.24, 2.45) is 0 Å². The maximum Gasteiger partial charge on any atom is 0.274 e. The average Bonchev–Trinajstić information content (AvgIpc) is 2.79. The van der Waals surface area contributed by atoms with E-state index in [0.717, 1.165) is 5.69 Å². The quantitative estimate of drug-likeness (QED) is 0.908. The predicted octanol–water partition coefficient (Wildman–Crippen LogP) is 2.60. The van der Waals surface area contributed by atoms with Crippen LogP contribution in [0.2, 0.25) is 0 Å². The highest BCUT2D eigenvalue weighted by Gasteiger charge is 2.24. The van der Waals surface area contributed by atoms with Crippen LogP contribution < -0.4 is 0 Å². The third-order valence-electron chi connectivity index (χ3n) is 3.41. The first-order chi connectivity index (χ1) is 9.54. The Labute approximate surface area is 127 Å². The molecule has 1 N–H and O–H groups in total. The highest BCUT2D eigenvalue weighted by molar-refractivity contribution is 5.92. The SMILES string of the molecule is CC(O)CCN(C)C(=O)c1cc(C(C)C)n(C(C)(C)C)n1. The lowest BCUT2D eigenvalue weighted by molar-refractivity contribution is 0.0761. The van der Waals surface area contributed by atoms with Crippen LogP contribution in [-0.4, -0.2) is 45.4 Å². The first-order valence-electron chi connectivity index (χ1n) is 7.58. The number of carbonyl (C=O) groups excluding carboxylic acids is 1. The molecule has 0 saturated heterocycles. The predicted molar refractivity (Wildman–Crippen MR) is 84.6 cm³/mol. The summed E-state index contributed by atoms with van der Waals surface area (Å²) in [5.74, 6) is 0.210. The lowest BCUT2D eigenvalue weighted by Crippen LogP contribution is -2.30. The van der Waals surface area contributed by atoms with Crippen molar-refractivity contribution in [2.45, 2.75) is 65.5 Å². The molecular formula is C16H29N3O2. The van der Waals surface area contributed by atoms with E-state index in [2.05, 4.69) is 39.7 Å². The van der Waals surface area contributed by atoms with E-state index in [9.17, 15) is 9.90 Å². The Morgan fingerprint density at radius 2 is 1.95 bits per heavy atom. The van der Waals surface area contributed by atoms with Crippen LogP contribution in [0, 0.1) is 0 Å². The molecule has 5 heteroatoms. The molecule has 1 heterocycles. The van der Waals surface area contributed by atoms with E-state index in [1.165, 1.54) is 0 Å². The fraction of sp³-hybridized carbons (Fsp3) is 0.750. The van der Waals surface area contributed by atoms with Gasteiger partial charge in [0.05, 0.1) is 11.6 Å². The third kappa shape index (κ3) is 4.56. The van der Waals surface area contributed by atoms with Crippen molar-refractivity contribution >= 4 is 5.91 Å². The number of aliphatic hydroxyl groups excluding tert-OH is 1. The van der Waals surface area contributed by atoms with Gasteiger partial charge in [0, 0.05) is 19.3 Å². The Bertz CT molecular complexity index is 484. The van der Waals surface area contributed by atoms with Gasteiger partial charge in [0.1, 0.15) is 0 Å². The topological polar surface area (TPSA) is 58.4 Å². The van der Waals surface area contributed by atoms with Crippen molar-refractivity contribution < 1.29 is 9.90 Å². The van der Waals surface area contributed by atoms with E-state index in [1.807, 2.05) is 10.7 Å². The molecule has 0 spiro atoms. The van der Waals surface area contributed by atoms with Crippen LogP contribution in [0.25, 0.3) is 0 Å². The number of carbonyl (C=O) groups is 1. The molecule has 1 unspecified atom stereocenters. The van der Waals surface area contributed by atoms with E-state index in [0.29, 0.717) is 24.6 Å². The Kier molecular flexibility index (Phi) is 5.56. The van der Waals surface area contributed by atoms with Crippen molar-refractivity contribution in [1.82, 2.24) is 14.7 Å². The highest BCUT2D eigenvalue weighted by Crippen LogP contribution is 2.24. The zero-order chi connectivity index (χ0) is 16.4. The van der Waals surface area contributed by atoms with Gasteiger partial charge in [0.25, 0.3) is 5.91 Å². The Morgan fingerprint density at radius 3 is 2.33 bits per heavy atom. The molecule has 1 amide bonds. The maximum absolute atomic E-state index is 12.4. The van der Waals surface area contributed by atoms with Crippen LogP contribution >= 0.6 is 0 Å². The second-order valence-electron chi connectivity index (χ2n) is 7.06. The minimum atomic E-state index is -0.404. The Morgan fingerprint density at radius 1 is 1.38 bits per heavy atom. The van der Waals surface area contributed by atoms with E-state index in [4.69, 9.17) is 0 Å². The largest absolute Gasteiger partial charge is 0.393 e. The van der Waals surface area contributed by atoms with Crippen molar-refractivity contribution in [3.63, 3.8) is 0 Å². The second kappa shape index (κ2) is 6.60. The number of aromatic nitrogens is 2. The molecule has 0 saturated carbocycles. The monoisotopic (exact) mass is 295 g/mol. The molecule has 21 heavy (non-hydrogen) atoms. The molecule has 1 rings (SSSR count). The van der Waals surface area contributed by atoms with E-state index < -0.39 is 6.10 Å². The summed E-state index contributed by atoms with van der Waals surface area (Å²) in [5, 5.41) is 13.8. The molecule has 1 atom stereocenters. The lowest BCUT2D eigenvalue weighted by atomic mass is 10.1. The zero-order valence-corrected chi connectivity index (χ0v) is 14.3. The van der Waals surface area contributed by atoms with Crippen molar-refractivity contribution in [3.05, 3.63) is 17.5 Å². The van der Waals surface area contributed by atoms with Crippen molar-refractivity contribution in [1.29, 1.82) is 0 Å².